The molecule has 0 aromatic carbocycles. The van der Waals surface area contributed by atoms with Gasteiger partial charge in [-0.15, -0.1) is 0 Å². The molecule has 0 unspecified atom stereocenters. The number of rotatable bonds is 2. The molecule has 0 aliphatic rings. The quantitative estimate of drug-likeness (QED) is 0.538. The fourth-order valence-corrected chi connectivity index (χ4v) is 1.47. The fourth-order valence-electron chi connectivity index (χ4n) is 1.47. The number of aromatic nitrogens is 4. The van der Waals surface area contributed by atoms with E-state index in [1.165, 1.54) is 21.8 Å². The number of nitrogens with zero attached hydrogens (tertiary/aromatic N) is 4. The van der Waals surface area contributed by atoms with E-state index in [4.69, 9.17) is 22.9 Å². The Morgan fingerprint density at radius 1 is 0.938 bits per heavy atom. The van der Waals surface area contributed by atoms with Gasteiger partial charge in [0.2, 0.25) is 0 Å². The van der Waals surface area contributed by atoms with E-state index in [1.54, 1.807) is 0 Å². The third-order valence-corrected chi connectivity index (χ3v) is 2.44. The molecule has 2 rings (SSSR count). The summed E-state index contributed by atoms with van der Waals surface area (Å²) in [4.78, 5) is 0. The Bertz CT molecular complexity index is 464. The first-order valence-electron chi connectivity index (χ1n) is 4.69. The smallest absolute Gasteiger partial charge is 0.147 e. The van der Waals surface area contributed by atoms with E-state index in [0.29, 0.717) is 23.0 Å². The van der Waals surface area contributed by atoms with Gasteiger partial charge in [0.1, 0.15) is 17.8 Å². The highest BCUT2D eigenvalue weighted by Crippen LogP contribution is 2.23. The summed E-state index contributed by atoms with van der Waals surface area (Å²) in [5, 5.41) is 8.10. The zero-order valence-electron chi connectivity index (χ0n) is 8.83. The van der Waals surface area contributed by atoms with Crippen LogP contribution in [0.4, 0.5) is 23.0 Å². The Hall–Kier alpha value is -2.38. The number of anilines is 4. The van der Waals surface area contributed by atoms with E-state index < -0.39 is 0 Å². The van der Waals surface area contributed by atoms with Crippen LogP contribution in [0.3, 0.4) is 0 Å². The lowest BCUT2D eigenvalue weighted by Crippen LogP contribution is -2.20. The molecule has 0 saturated heterocycles. The molecule has 16 heavy (non-hydrogen) atoms. The summed E-state index contributed by atoms with van der Waals surface area (Å²) in [7, 11) is 0. The Morgan fingerprint density at radius 3 is 1.56 bits per heavy atom. The summed E-state index contributed by atoms with van der Waals surface area (Å²) in [6, 6.07) is 0. The maximum atomic E-state index is 5.76. The molecule has 0 bridgehead atoms. The van der Waals surface area contributed by atoms with Crippen LogP contribution in [0.2, 0.25) is 0 Å². The van der Waals surface area contributed by atoms with Gasteiger partial charge in [0.05, 0.1) is 23.8 Å². The van der Waals surface area contributed by atoms with Gasteiger partial charge in [-0.2, -0.15) is 10.2 Å². The standard InChI is InChI=1S/C8H14N8/c1-4(15-7(11)5(9)2-13-15)16-8(12)6(10)3-14-16/h2-4H,9-12H2,1H3. The molecule has 0 spiro atoms. The van der Waals surface area contributed by atoms with Gasteiger partial charge in [0.25, 0.3) is 0 Å². The summed E-state index contributed by atoms with van der Waals surface area (Å²) in [6.45, 7) is 1.84. The average Bonchev–Trinajstić information content (AvgIpc) is 2.74. The normalized spacial score (nSPS) is 11.1. The molecular formula is C8H14N8. The lowest BCUT2D eigenvalue weighted by molar-refractivity contribution is 0.401. The summed E-state index contributed by atoms with van der Waals surface area (Å²) in [6.07, 6.45) is 2.68. The zero-order valence-corrected chi connectivity index (χ0v) is 8.83. The highest BCUT2D eigenvalue weighted by molar-refractivity contribution is 5.59. The minimum Gasteiger partial charge on any atom is -0.394 e. The van der Waals surface area contributed by atoms with Gasteiger partial charge in [0, 0.05) is 0 Å². The van der Waals surface area contributed by atoms with Gasteiger partial charge in [0.15, 0.2) is 0 Å². The highest BCUT2D eigenvalue weighted by atomic mass is 15.5. The maximum Gasteiger partial charge on any atom is 0.147 e. The fraction of sp³-hybridized carbons (Fsp3) is 0.250. The topological polar surface area (TPSA) is 140 Å². The summed E-state index contributed by atoms with van der Waals surface area (Å²) >= 11 is 0. The lowest BCUT2D eigenvalue weighted by Gasteiger charge is -2.15. The van der Waals surface area contributed by atoms with Crippen molar-refractivity contribution >= 4 is 23.0 Å². The lowest BCUT2D eigenvalue weighted by atomic mass is 10.5. The second-order valence-electron chi connectivity index (χ2n) is 3.49. The summed E-state index contributed by atoms with van der Waals surface area (Å²) in [5.41, 5.74) is 23.6. The van der Waals surface area contributed by atoms with Gasteiger partial charge in [-0.25, -0.2) is 9.36 Å². The van der Waals surface area contributed by atoms with Gasteiger partial charge in [-0.3, -0.25) is 0 Å². The third-order valence-electron chi connectivity index (χ3n) is 2.44. The number of nitrogen functional groups attached to an aromatic ring is 4. The van der Waals surface area contributed by atoms with Crippen molar-refractivity contribution < 1.29 is 0 Å². The van der Waals surface area contributed by atoms with Crippen LogP contribution in [0.5, 0.6) is 0 Å². The van der Waals surface area contributed by atoms with Crippen molar-refractivity contribution in [2.24, 2.45) is 0 Å². The minimum atomic E-state index is -0.283. The van der Waals surface area contributed by atoms with Crippen LogP contribution in [0.15, 0.2) is 12.4 Å². The molecule has 2 heterocycles. The zero-order chi connectivity index (χ0) is 11.9. The first-order valence-corrected chi connectivity index (χ1v) is 4.69. The van der Waals surface area contributed by atoms with Crippen molar-refractivity contribution in [2.75, 3.05) is 22.9 Å². The first-order chi connectivity index (χ1) is 7.52. The molecule has 8 N–H and O–H groups in total. The van der Waals surface area contributed by atoms with Crippen LogP contribution in [0.1, 0.15) is 13.1 Å². The van der Waals surface area contributed by atoms with E-state index in [-0.39, 0.29) is 6.17 Å². The second kappa shape index (κ2) is 3.33. The van der Waals surface area contributed by atoms with Crippen LogP contribution in [-0.2, 0) is 0 Å². The molecule has 0 saturated carbocycles. The molecule has 0 amide bonds. The van der Waals surface area contributed by atoms with Gasteiger partial charge in [-0.1, -0.05) is 0 Å². The Labute approximate surface area is 91.8 Å². The Morgan fingerprint density at radius 2 is 1.31 bits per heavy atom. The van der Waals surface area contributed by atoms with Crippen molar-refractivity contribution in [3.8, 4) is 0 Å². The Kier molecular flexibility index (Phi) is 2.11. The van der Waals surface area contributed by atoms with Crippen LogP contribution < -0.4 is 22.9 Å². The van der Waals surface area contributed by atoms with E-state index >= 15 is 0 Å². The molecule has 0 aliphatic carbocycles. The van der Waals surface area contributed by atoms with Gasteiger partial charge >= 0.3 is 0 Å². The molecule has 0 fully saturated rings. The van der Waals surface area contributed by atoms with E-state index in [2.05, 4.69) is 10.2 Å². The maximum absolute atomic E-state index is 5.76. The first kappa shape index (κ1) is 10.1. The largest absolute Gasteiger partial charge is 0.394 e. The second-order valence-corrected chi connectivity index (χ2v) is 3.49. The SMILES string of the molecule is CC(n1ncc(N)c1N)n1ncc(N)c1N. The predicted molar refractivity (Wildman–Crippen MR) is 62.2 cm³/mol. The molecule has 8 heteroatoms. The number of nitrogens with two attached hydrogens (primary N) is 4. The Balaban J connectivity index is 2.43. The summed E-state index contributed by atoms with van der Waals surface area (Å²) in [5.74, 6) is 0.752. The molecule has 0 aliphatic heterocycles. The number of hydrogen-bond donors (Lipinski definition) is 4. The van der Waals surface area contributed by atoms with E-state index in [0.717, 1.165) is 0 Å². The minimum absolute atomic E-state index is 0.283. The molecule has 86 valence electrons. The van der Waals surface area contributed by atoms with E-state index in [1.807, 2.05) is 6.92 Å². The summed E-state index contributed by atoms with van der Waals surface area (Å²) < 4.78 is 3.05. The third kappa shape index (κ3) is 1.31. The molecule has 0 atom stereocenters. The van der Waals surface area contributed by atoms with Crippen LogP contribution in [0.25, 0.3) is 0 Å². The molecular weight excluding hydrogens is 208 g/mol. The monoisotopic (exact) mass is 222 g/mol. The van der Waals surface area contributed by atoms with Crippen molar-refractivity contribution in [3.05, 3.63) is 12.4 Å². The van der Waals surface area contributed by atoms with Crippen LogP contribution in [0, 0.1) is 0 Å². The van der Waals surface area contributed by atoms with Crippen molar-refractivity contribution in [1.82, 2.24) is 19.6 Å². The molecule has 2 aromatic heterocycles. The van der Waals surface area contributed by atoms with Crippen LogP contribution >= 0.6 is 0 Å². The van der Waals surface area contributed by atoms with Crippen molar-refractivity contribution in [2.45, 2.75) is 13.1 Å². The van der Waals surface area contributed by atoms with Gasteiger partial charge < -0.3 is 22.9 Å². The van der Waals surface area contributed by atoms with Crippen molar-refractivity contribution in [1.29, 1.82) is 0 Å². The highest BCUT2D eigenvalue weighted by Gasteiger charge is 2.16. The number of hydrogen-bond acceptors (Lipinski definition) is 6. The van der Waals surface area contributed by atoms with Crippen molar-refractivity contribution in [3.63, 3.8) is 0 Å². The van der Waals surface area contributed by atoms with E-state index in [9.17, 15) is 0 Å². The molecule has 0 radical (unpaired) electrons. The average molecular weight is 222 g/mol. The molecule has 8 nitrogen and oxygen atoms in total. The van der Waals surface area contributed by atoms with Gasteiger partial charge in [-0.05, 0) is 6.92 Å². The molecule has 2 aromatic rings. The predicted octanol–water partition coefficient (Wildman–Crippen LogP) is -0.525. The van der Waals surface area contributed by atoms with Crippen LogP contribution in [-0.4, -0.2) is 19.6 Å².